The van der Waals surface area contributed by atoms with Crippen LogP contribution in [-0.2, 0) is 21.4 Å². The number of nitrogens with zero attached hydrogens (tertiary/aromatic N) is 1. The van der Waals surface area contributed by atoms with Crippen molar-refractivity contribution >= 4 is 33.2 Å². The van der Waals surface area contributed by atoms with Crippen molar-refractivity contribution in [3.63, 3.8) is 0 Å². The molecule has 1 N–H and O–H groups in total. The molecule has 0 aliphatic heterocycles. The molecule has 0 aromatic heterocycles. The minimum atomic E-state index is -3.99. The van der Waals surface area contributed by atoms with E-state index in [1.807, 2.05) is 38.1 Å². The smallest absolute Gasteiger partial charge is 0.264 e. The molecule has 0 fully saturated rings. The van der Waals surface area contributed by atoms with Crippen molar-refractivity contribution in [1.29, 1.82) is 0 Å². The minimum Gasteiger partial charge on any atom is -0.494 e. The number of benzene rings is 3. The van der Waals surface area contributed by atoms with Crippen LogP contribution in [0, 0.1) is 6.92 Å². The third-order valence-electron chi connectivity index (χ3n) is 4.69. The Morgan fingerprint density at radius 3 is 2.44 bits per heavy atom. The van der Waals surface area contributed by atoms with Gasteiger partial charge in [-0.25, -0.2) is 8.42 Å². The maximum absolute atomic E-state index is 13.4. The van der Waals surface area contributed by atoms with Gasteiger partial charge >= 0.3 is 0 Å². The van der Waals surface area contributed by atoms with Crippen LogP contribution in [0.25, 0.3) is 0 Å². The first kappa shape index (κ1) is 23.6. The van der Waals surface area contributed by atoms with Gasteiger partial charge in [0.15, 0.2) is 0 Å². The number of ether oxygens (including phenoxy) is 1. The summed E-state index contributed by atoms with van der Waals surface area (Å²) in [7, 11) is -3.99. The summed E-state index contributed by atoms with van der Waals surface area (Å²) in [6, 6.07) is 20.3. The largest absolute Gasteiger partial charge is 0.494 e. The molecular weight excluding hydrogens is 448 g/mol. The summed E-state index contributed by atoms with van der Waals surface area (Å²) in [5.41, 5.74) is 2.09. The van der Waals surface area contributed by atoms with Crippen LogP contribution in [0.4, 0.5) is 5.69 Å². The van der Waals surface area contributed by atoms with Crippen molar-refractivity contribution in [1.82, 2.24) is 5.32 Å². The van der Waals surface area contributed by atoms with Gasteiger partial charge in [0.05, 0.1) is 17.2 Å². The first-order chi connectivity index (χ1) is 15.3. The van der Waals surface area contributed by atoms with E-state index in [-0.39, 0.29) is 18.0 Å². The van der Waals surface area contributed by atoms with Gasteiger partial charge in [-0.1, -0.05) is 47.5 Å². The first-order valence-electron chi connectivity index (χ1n) is 10.1. The normalized spacial score (nSPS) is 11.1. The third kappa shape index (κ3) is 6.02. The van der Waals surface area contributed by atoms with Crippen LogP contribution >= 0.6 is 11.6 Å². The molecule has 0 heterocycles. The van der Waals surface area contributed by atoms with Gasteiger partial charge < -0.3 is 10.1 Å². The summed E-state index contributed by atoms with van der Waals surface area (Å²) < 4.78 is 33.3. The number of sulfonamides is 1. The highest BCUT2D eigenvalue weighted by Gasteiger charge is 2.27. The van der Waals surface area contributed by atoms with Crippen LogP contribution in [0.3, 0.4) is 0 Å². The van der Waals surface area contributed by atoms with E-state index in [2.05, 4.69) is 5.32 Å². The molecule has 0 bridgehead atoms. The molecule has 0 aliphatic rings. The molecule has 3 aromatic carbocycles. The van der Waals surface area contributed by atoms with Gasteiger partial charge in [-0.15, -0.1) is 0 Å². The van der Waals surface area contributed by atoms with Crippen molar-refractivity contribution < 1.29 is 17.9 Å². The van der Waals surface area contributed by atoms with Crippen LogP contribution < -0.4 is 14.4 Å². The summed E-state index contributed by atoms with van der Waals surface area (Å²) in [6.07, 6.45) is 0. The number of carbonyl (C=O) groups excluding carboxylic acids is 1. The zero-order chi connectivity index (χ0) is 23.1. The number of carbonyl (C=O) groups is 1. The fourth-order valence-corrected chi connectivity index (χ4v) is 4.68. The van der Waals surface area contributed by atoms with Gasteiger partial charge in [-0.05, 0) is 61.9 Å². The molecule has 0 aliphatic carbocycles. The number of hydrogen-bond donors (Lipinski definition) is 1. The van der Waals surface area contributed by atoms with E-state index >= 15 is 0 Å². The predicted octanol–water partition coefficient (Wildman–Crippen LogP) is 4.56. The molecule has 3 rings (SSSR count). The quantitative estimate of drug-likeness (QED) is 0.495. The lowest BCUT2D eigenvalue weighted by Crippen LogP contribution is -2.40. The van der Waals surface area contributed by atoms with Crippen LogP contribution in [0.1, 0.15) is 18.1 Å². The topological polar surface area (TPSA) is 75.7 Å². The van der Waals surface area contributed by atoms with Gasteiger partial charge in [0.1, 0.15) is 12.3 Å². The molecular formula is C24H25ClN2O4S. The van der Waals surface area contributed by atoms with Gasteiger partial charge in [0, 0.05) is 11.6 Å². The molecule has 6 nitrogen and oxygen atoms in total. The molecule has 0 unspecified atom stereocenters. The Kier molecular flexibility index (Phi) is 7.77. The van der Waals surface area contributed by atoms with E-state index in [1.165, 1.54) is 18.2 Å². The van der Waals surface area contributed by atoms with Crippen LogP contribution in [-0.4, -0.2) is 27.5 Å². The molecule has 0 radical (unpaired) electrons. The second kappa shape index (κ2) is 10.5. The summed E-state index contributed by atoms with van der Waals surface area (Å²) in [6.45, 7) is 4.17. The molecule has 8 heteroatoms. The number of rotatable bonds is 9. The van der Waals surface area contributed by atoms with Crippen molar-refractivity contribution in [3.05, 3.63) is 88.9 Å². The fourth-order valence-electron chi connectivity index (χ4n) is 3.08. The Balaban J connectivity index is 1.82. The molecule has 1 amide bonds. The maximum Gasteiger partial charge on any atom is 0.264 e. The molecule has 0 saturated carbocycles. The van der Waals surface area contributed by atoms with Crippen molar-refractivity contribution in [2.45, 2.75) is 25.3 Å². The molecule has 32 heavy (non-hydrogen) atoms. The Bertz CT molecular complexity index is 1180. The van der Waals surface area contributed by atoms with Crippen LogP contribution in [0.2, 0.25) is 5.02 Å². The van der Waals surface area contributed by atoms with Crippen molar-refractivity contribution in [2.24, 2.45) is 0 Å². The standard InChI is InChI=1S/C24H25ClN2O4S/c1-3-31-22-9-4-6-19(14-22)16-26-24(28)17-27(21-8-5-7-20(25)15-21)32(29,30)23-12-10-18(2)11-13-23/h4-15H,3,16-17H2,1-2H3,(H,26,28). The number of halogens is 1. The second-order valence-electron chi connectivity index (χ2n) is 7.16. The van der Waals surface area contributed by atoms with E-state index in [9.17, 15) is 13.2 Å². The summed E-state index contributed by atoms with van der Waals surface area (Å²) >= 11 is 6.09. The predicted molar refractivity (Wildman–Crippen MR) is 127 cm³/mol. The lowest BCUT2D eigenvalue weighted by Gasteiger charge is -2.24. The lowest BCUT2D eigenvalue weighted by molar-refractivity contribution is -0.119. The number of nitrogens with one attached hydrogen (secondary N) is 1. The highest BCUT2D eigenvalue weighted by Crippen LogP contribution is 2.26. The average Bonchev–Trinajstić information content (AvgIpc) is 2.77. The third-order valence-corrected chi connectivity index (χ3v) is 6.71. The van der Waals surface area contributed by atoms with E-state index in [1.54, 1.807) is 30.3 Å². The Morgan fingerprint density at radius 1 is 1.03 bits per heavy atom. The number of anilines is 1. The van der Waals surface area contributed by atoms with E-state index in [0.29, 0.717) is 23.1 Å². The van der Waals surface area contributed by atoms with Crippen LogP contribution in [0.15, 0.2) is 77.7 Å². The number of amides is 1. The highest BCUT2D eigenvalue weighted by atomic mass is 35.5. The summed E-state index contributed by atoms with van der Waals surface area (Å²) in [5, 5.41) is 3.16. The number of aryl methyl sites for hydroxylation is 1. The van der Waals surface area contributed by atoms with E-state index < -0.39 is 15.9 Å². The zero-order valence-corrected chi connectivity index (χ0v) is 19.5. The zero-order valence-electron chi connectivity index (χ0n) is 17.9. The second-order valence-corrected chi connectivity index (χ2v) is 9.46. The van der Waals surface area contributed by atoms with E-state index in [0.717, 1.165) is 15.4 Å². The van der Waals surface area contributed by atoms with Crippen LogP contribution in [0.5, 0.6) is 5.75 Å². The molecule has 3 aromatic rings. The van der Waals surface area contributed by atoms with Gasteiger partial charge in [-0.2, -0.15) is 0 Å². The number of hydrogen-bond acceptors (Lipinski definition) is 4. The average molecular weight is 473 g/mol. The summed E-state index contributed by atoms with van der Waals surface area (Å²) in [5.74, 6) is 0.268. The van der Waals surface area contributed by atoms with Crippen molar-refractivity contribution in [3.8, 4) is 5.75 Å². The lowest BCUT2D eigenvalue weighted by atomic mass is 10.2. The minimum absolute atomic E-state index is 0.0975. The maximum atomic E-state index is 13.4. The molecule has 0 atom stereocenters. The first-order valence-corrected chi connectivity index (χ1v) is 11.9. The van der Waals surface area contributed by atoms with Crippen molar-refractivity contribution in [2.75, 3.05) is 17.5 Å². The van der Waals surface area contributed by atoms with Gasteiger partial charge in [0.25, 0.3) is 10.0 Å². The monoisotopic (exact) mass is 472 g/mol. The Hall–Kier alpha value is -3.03. The van der Waals surface area contributed by atoms with Gasteiger partial charge in [-0.3, -0.25) is 9.10 Å². The Labute approximate surface area is 193 Å². The highest BCUT2D eigenvalue weighted by molar-refractivity contribution is 7.92. The fraction of sp³-hybridized carbons (Fsp3) is 0.208. The van der Waals surface area contributed by atoms with E-state index in [4.69, 9.17) is 16.3 Å². The molecule has 168 valence electrons. The SMILES string of the molecule is CCOc1cccc(CNC(=O)CN(c2cccc(Cl)c2)S(=O)(=O)c2ccc(C)cc2)c1. The molecule has 0 spiro atoms. The Morgan fingerprint density at radius 2 is 1.75 bits per heavy atom. The molecule has 0 saturated heterocycles. The van der Waals surface area contributed by atoms with Gasteiger partial charge in [0.2, 0.25) is 5.91 Å². The summed E-state index contributed by atoms with van der Waals surface area (Å²) in [4.78, 5) is 12.8.